The Kier molecular flexibility index (Phi) is 2.66. The van der Waals surface area contributed by atoms with E-state index in [2.05, 4.69) is 15.3 Å². The van der Waals surface area contributed by atoms with Gasteiger partial charge >= 0.3 is 0 Å². The quantitative estimate of drug-likeness (QED) is 0.659. The van der Waals surface area contributed by atoms with Crippen molar-refractivity contribution < 1.29 is 0 Å². The lowest BCUT2D eigenvalue weighted by Crippen LogP contribution is -1.95. The van der Waals surface area contributed by atoms with Crippen LogP contribution in [0.5, 0.6) is 0 Å². The molecule has 0 saturated carbocycles. The van der Waals surface area contributed by atoms with Gasteiger partial charge in [0.25, 0.3) is 0 Å². The highest BCUT2D eigenvalue weighted by atomic mass is 35.5. The molecule has 0 fully saturated rings. The number of pyridine rings is 1. The Hall–Kier alpha value is -1.65. The largest absolute Gasteiger partial charge is 0.300 e. The molecule has 3 aromatic rings. The predicted octanol–water partition coefficient (Wildman–Crippen LogP) is 3.65. The van der Waals surface area contributed by atoms with E-state index >= 15 is 0 Å². The molecule has 0 radical (unpaired) electrons. The van der Waals surface area contributed by atoms with Crippen molar-refractivity contribution in [3.05, 3.63) is 52.7 Å². The summed E-state index contributed by atoms with van der Waals surface area (Å²) in [4.78, 5) is 8.35. The molecule has 84 valence electrons. The van der Waals surface area contributed by atoms with Crippen molar-refractivity contribution in [2.75, 3.05) is 0 Å². The first kappa shape index (κ1) is 10.5. The molecule has 0 aromatic carbocycles. The second kappa shape index (κ2) is 4.31. The van der Waals surface area contributed by atoms with Crippen LogP contribution in [0.1, 0.15) is 0 Å². The number of hydrogen-bond donors (Lipinski definition) is 0. The minimum Gasteiger partial charge on any atom is -0.300 e. The summed E-state index contributed by atoms with van der Waals surface area (Å²) in [7, 11) is 0. The van der Waals surface area contributed by atoms with E-state index in [0.717, 1.165) is 17.1 Å². The first-order valence-corrected chi connectivity index (χ1v) is 6.34. The van der Waals surface area contributed by atoms with Gasteiger partial charge in [-0.05, 0) is 23.6 Å². The lowest BCUT2D eigenvalue weighted by atomic mass is 10.3. The van der Waals surface area contributed by atoms with Crippen molar-refractivity contribution >= 4 is 22.9 Å². The maximum Gasteiger partial charge on any atom is 0.145 e. The van der Waals surface area contributed by atoms with Gasteiger partial charge in [0.05, 0.1) is 5.69 Å². The number of imidazole rings is 1. The molecule has 0 aliphatic rings. The van der Waals surface area contributed by atoms with Crippen LogP contribution in [0.25, 0.3) is 17.1 Å². The fraction of sp³-hybridized carbons (Fsp3) is 0. The van der Waals surface area contributed by atoms with Crippen molar-refractivity contribution in [3.8, 4) is 17.1 Å². The van der Waals surface area contributed by atoms with Gasteiger partial charge in [-0.1, -0.05) is 11.6 Å². The van der Waals surface area contributed by atoms with E-state index in [1.54, 1.807) is 23.7 Å². The number of halogens is 1. The molecular formula is C12H8ClN3S. The van der Waals surface area contributed by atoms with E-state index in [1.807, 2.05) is 34.3 Å². The summed E-state index contributed by atoms with van der Waals surface area (Å²) in [6, 6.07) is 5.77. The van der Waals surface area contributed by atoms with Gasteiger partial charge in [0.15, 0.2) is 0 Å². The van der Waals surface area contributed by atoms with Crippen LogP contribution < -0.4 is 0 Å². The van der Waals surface area contributed by atoms with Gasteiger partial charge in [-0.2, -0.15) is 11.3 Å². The van der Waals surface area contributed by atoms with Gasteiger partial charge in [0.2, 0.25) is 0 Å². The molecule has 0 bridgehead atoms. The fourth-order valence-electron chi connectivity index (χ4n) is 1.66. The third-order valence-electron chi connectivity index (χ3n) is 2.41. The Balaban J connectivity index is 2.14. The average molecular weight is 262 g/mol. The Morgan fingerprint density at radius 3 is 2.88 bits per heavy atom. The number of aromatic nitrogens is 3. The summed E-state index contributed by atoms with van der Waals surface area (Å²) in [6.07, 6.45) is 5.38. The molecule has 5 heteroatoms. The SMILES string of the molecule is Clc1cc(-n2ccnc2-c2ccsc2)ccn1. The van der Waals surface area contributed by atoms with Crippen LogP contribution >= 0.6 is 22.9 Å². The number of rotatable bonds is 2. The topological polar surface area (TPSA) is 30.7 Å². The summed E-state index contributed by atoms with van der Waals surface area (Å²) in [6.45, 7) is 0. The Bertz CT molecular complexity index is 631. The summed E-state index contributed by atoms with van der Waals surface area (Å²) >= 11 is 7.55. The highest BCUT2D eigenvalue weighted by Gasteiger charge is 2.08. The predicted molar refractivity (Wildman–Crippen MR) is 69.7 cm³/mol. The zero-order valence-corrected chi connectivity index (χ0v) is 10.3. The third kappa shape index (κ3) is 1.97. The third-order valence-corrected chi connectivity index (χ3v) is 3.30. The number of thiophene rings is 1. The minimum absolute atomic E-state index is 0.479. The van der Waals surface area contributed by atoms with Gasteiger partial charge < -0.3 is 0 Å². The molecule has 3 heterocycles. The minimum atomic E-state index is 0.479. The van der Waals surface area contributed by atoms with Gasteiger partial charge in [0, 0.05) is 29.5 Å². The highest BCUT2D eigenvalue weighted by molar-refractivity contribution is 7.08. The van der Waals surface area contributed by atoms with Crippen molar-refractivity contribution in [2.24, 2.45) is 0 Å². The molecule has 0 atom stereocenters. The maximum atomic E-state index is 5.90. The zero-order chi connectivity index (χ0) is 11.7. The standard InChI is InChI=1S/C12H8ClN3S/c13-11-7-10(1-3-14-11)16-5-4-15-12(16)9-2-6-17-8-9/h1-8H. The molecule has 17 heavy (non-hydrogen) atoms. The van der Waals surface area contributed by atoms with E-state index in [1.165, 1.54) is 0 Å². The van der Waals surface area contributed by atoms with E-state index in [4.69, 9.17) is 11.6 Å². The van der Waals surface area contributed by atoms with Gasteiger partial charge in [-0.25, -0.2) is 9.97 Å². The van der Waals surface area contributed by atoms with Crippen LogP contribution in [0, 0.1) is 0 Å². The van der Waals surface area contributed by atoms with Crippen molar-refractivity contribution in [3.63, 3.8) is 0 Å². The van der Waals surface area contributed by atoms with E-state index < -0.39 is 0 Å². The normalized spacial score (nSPS) is 10.6. The molecule has 0 amide bonds. The molecule has 0 N–H and O–H groups in total. The monoisotopic (exact) mass is 261 g/mol. The molecular weight excluding hydrogens is 254 g/mol. The van der Waals surface area contributed by atoms with Gasteiger partial charge in [0.1, 0.15) is 11.0 Å². The fourth-order valence-corrected chi connectivity index (χ4v) is 2.46. The Morgan fingerprint density at radius 2 is 2.12 bits per heavy atom. The molecule has 0 spiro atoms. The summed E-state index contributed by atoms with van der Waals surface area (Å²) in [5, 5.41) is 4.59. The molecule has 3 nitrogen and oxygen atoms in total. The average Bonchev–Trinajstić information content (AvgIpc) is 3.00. The van der Waals surface area contributed by atoms with Crippen molar-refractivity contribution in [2.45, 2.75) is 0 Å². The molecule has 0 aliphatic carbocycles. The summed E-state index contributed by atoms with van der Waals surface area (Å²) < 4.78 is 2.00. The second-order valence-electron chi connectivity index (χ2n) is 3.47. The summed E-state index contributed by atoms with van der Waals surface area (Å²) in [5.74, 6) is 0.911. The first-order chi connectivity index (χ1) is 8.34. The van der Waals surface area contributed by atoms with Crippen LogP contribution in [-0.2, 0) is 0 Å². The van der Waals surface area contributed by atoms with Crippen LogP contribution in [0.2, 0.25) is 5.15 Å². The summed E-state index contributed by atoms with van der Waals surface area (Å²) in [5.41, 5.74) is 2.07. The van der Waals surface area contributed by atoms with Crippen LogP contribution in [0.4, 0.5) is 0 Å². The second-order valence-corrected chi connectivity index (χ2v) is 4.64. The molecule has 3 rings (SSSR count). The smallest absolute Gasteiger partial charge is 0.145 e. The molecule has 3 aromatic heterocycles. The molecule has 0 aliphatic heterocycles. The van der Waals surface area contributed by atoms with Crippen LogP contribution in [0.15, 0.2) is 47.5 Å². The van der Waals surface area contributed by atoms with Crippen molar-refractivity contribution in [1.29, 1.82) is 0 Å². The number of nitrogens with zero attached hydrogens (tertiary/aromatic N) is 3. The van der Waals surface area contributed by atoms with Gasteiger partial charge in [-0.3, -0.25) is 4.57 Å². The van der Waals surface area contributed by atoms with Crippen LogP contribution in [-0.4, -0.2) is 14.5 Å². The highest BCUT2D eigenvalue weighted by Crippen LogP contribution is 2.24. The molecule has 0 saturated heterocycles. The van der Waals surface area contributed by atoms with E-state index in [0.29, 0.717) is 5.15 Å². The van der Waals surface area contributed by atoms with Gasteiger partial charge in [-0.15, -0.1) is 0 Å². The first-order valence-electron chi connectivity index (χ1n) is 5.02. The Labute approximate surface area is 107 Å². The number of hydrogen-bond acceptors (Lipinski definition) is 3. The molecule has 0 unspecified atom stereocenters. The Morgan fingerprint density at radius 1 is 1.18 bits per heavy atom. The maximum absolute atomic E-state index is 5.90. The lowest BCUT2D eigenvalue weighted by Gasteiger charge is -2.06. The van der Waals surface area contributed by atoms with Crippen molar-refractivity contribution in [1.82, 2.24) is 14.5 Å². The zero-order valence-electron chi connectivity index (χ0n) is 8.75. The van der Waals surface area contributed by atoms with Crippen LogP contribution in [0.3, 0.4) is 0 Å². The van der Waals surface area contributed by atoms with E-state index in [-0.39, 0.29) is 0 Å². The lowest BCUT2D eigenvalue weighted by molar-refractivity contribution is 1.06. The van der Waals surface area contributed by atoms with E-state index in [9.17, 15) is 0 Å².